The molecule has 2 N–H and O–H groups in total. The van der Waals surface area contributed by atoms with E-state index in [0.717, 1.165) is 25.8 Å². The number of rotatable bonds is 3. The molecule has 2 saturated heterocycles. The Kier molecular flexibility index (Phi) is 6.85. The van der Waals surface area contributed by atoms with Gasteiger partial charge in [0.2, 0.25) is 11.5 Å². The number of aryl methyl sites for hydroxylation is 1. The van der Waals surface area contributed by atoms with E-state index in [0.29, 0.717) is 44.1 Å². The molecule has 0 spiro atoms. The number of likely N-dealkylation sites (tertiary alicyclic amines) is 1. The largest absolute Gasteiger partial charge is 0.380 e. The van der Waals surface area contributed by atoms with Crippen molar-refractivity contribution in [2.24, 2.45) is 5.92 Å². The summed E-state index contributed by atoms with van der Waals surface area (Å²) in [5.41, 5.74) is 0.739. The van der Waals surface area contributed by atoms with Gasteiger partial charge in [0, 0.05) is 56.2 Å². The summed E-state index contributed by atoms with van der Waals surface area (Å²) in [7, 11) is 1.98. The molecule has 1 aromatic rings. The van der Waals surface area contributed by atoms with Crippen molar-refractivity contribution in [3.8, 4) is 0 Å². The van der Waals surface area contributed by atoms with E-state index in [1.54, 1.807) is 13.0 Å². The van der Waals surface area contributed by atoms with Crippen molar-refractivity contribution in [1.29, 1.82) is 0 Å². The molecule has 8 nitrogen and oxygen atoms in total. The van der Waals surface area contributed by atoms with Crippen molar-refractivity contribution in [3.63, 3.8) is 0 Å². The molecule has 28 heavy (non-hydrogen) atoms. The molecule has 0 unspecified atom stereocenters. The highest BCUT2D eigenvalue weighted by atomic mass is 16.5. The zero-order valence-corrected chi connectivity index (χ0v) is 16.7. The van der Waals surface area contributed by atoms with E-state index in [4.69, 9.17) is 4.74 Å². The zero-order chi connectivity index (χ0) is 20.1. The van der Waals surface area contributed by atoms with Gasteiger partial charge >= 0.3 is 0 Å². The smallest absolute Gasteiger partial charge is 0.251 e. The summed E-state index contributed by atoms with van der Waals surface area (Å²) < 4.78 is 5.45. The lowest BCUT2D eigenvalue weighted by molar-refractivity contribution is -0.136. The number of hydrogen-bond acceptors (Lipinski definition) is 5. The van der Waals surface area contributed by atoms with Crippen LogP contribution in [0.3, 0.4) is 0 Å². The molecule has 2 amide bonds. The maximum atomic E-state index is 12.9. The third-order valence-corrected chi connectivity index (χ3v) is 5.39. The molecule has 0 aromatic carbocycles. The molecule has 8 heteroatoms. The first kappa shape index (κ1) is 20.5. The molecular weight excluding hydrogens is 360 g/mol. The minimum absolute atomic E-state index is 0.0534. The molecule has 2 aliphatic heterocycles. The van der Waals surface area contributed by atoms with E-state index in [2.05, 4.69) is 15.2 Å². The standard InChI is InChI=1S/C20H30N4O4/c1-14-10-16(11-18(25)21-14)19(26)22-17-5-4-15(12-23(2)13-17)20(27)24-6-3-8-28-9-7-24/h10-11,15,17H,3-9,12-13H2,1-2H3,(H,21,25)(H,22,26)/t15-,17+/m1/s1. The highest BCUT2D eigenvalue weighted by Crippen LogP contribution is 2.19. The number of likely N-dealkylation sites (N-methyl/N-ethyl adjacent to an activating group) is 1. The number of pyridine rings is 1. The van der Waals surface area contributed by atoms with E-state index in [-0.39, 0.29) is 29.3 Å². The summed E-state index contributed by atoms with van der Waals surface area (Å²) in [4.78, 5) is 43.8. The van der Waals surface area contributed by atoms with Crippen molar-refractivity contribution in [2.45, 2.75) is 32.2 Å². The van der Waals surface area contributed by atoms with E-state index in [1.165, 1.54) is 6.07 Å². The van der Waals surface area contributed by atoms with Crippen LogP contribution in [-0.4, -0.2) is 79.1 Å². The molecule has 2 fully saturated rings. The quantitative estimate of drug-likeness (QED) is 0.778. The minimum atomic E-state index is -0.282. The normalized spacial score (nSPS) is 24.3. The number of hydrogen-bond donors (Lipinski definition) is 2. The second-order valence-corrected chi connectivity index (χ2v) is 7.87. The number of aromatic nitrogens is 1. The Bertz CT molecular complexity index is 755. The van der Waals surface area contributed by atoms with Crippen LogP contribution < -0.4 is 10.9 Å². The Hall–Kier alpha value is -2.19. The average Bonchev–Trinajstić information content (AvgIpc) is 3.01. The first-order chi connectivity index (χ1) is 13.4. The first-order valence-corrected chi connectivity index (χ1v) is 9.99. The van der Waals surface area contributed by atoms with Crippen molar-refractivity contribution in [3.05, 3.63) is 33.7 Å². The molecule has 154 valence electrons. The van der Waals surface area contributed by atoms with E-state index >= 15 is 0 Å². The SMILES string of the molecule is Cc1cc(C(=O)N[C@H]2CC[C@@H](C(=O)N3CCCOCC3)CN(C)C2)cc(=O)[nH]1. The number of ether oxygens (including phenoxy) is 1. The van der Waals surface area contributed by atoms with Crippen LogP contribution in [0.15, 0.2) is 16.9 Å². The van der Waals surface area contributed by atoms with E-state index < -0.39 is 0 Å². The minimum Gasteiger partial charge on any atom is -0.380 e. The van der Waals surface area contributed by atoms with Crippen LogP contribution in [-0.2, 0) is 9.53 Å². The lowest BCUT2D eigenvalue weighted by Gasteiger charge is -2.26. The number of aromatic amines is 1. The van der Waals surface area contributed by atoms with Crippen LogP contribution in [0.2, 0.25) is 0 Å². The fraction of sp³-hybridized carbons (Fsp3) is 0.650. The van der Waals surface area contributed by atoms with Crippen molar-refractivity contribution >= 4 is 11.8 Å². The molecule has 0 aliphatic carbocycles. The summed E-state index contributed by atoms with van der Waals surface area (Å²) in [5, 5.41) is 3.03. The second-order valence-electron chi connectivity index (χ2n) is 7.87. The zero-order valence-electron chi connectivity index (χ0n) is 16.7. The van der Waals surface area contributed by atoms with Crippen molar-refractivity contribution in [1.82, 2.24) is 20.1 Å². The summed E-state index contributed by atoms with van der Waals surface area (Å²) in [6.07, 6.45) is 2.35. The molecular formula is C20H30N4O4. The molecule has 0 radical (unpaired) electrons. The van der Waals surface area contributed by atoms with Crippen LogP contribution in [0.5, 0.6) is 0 Å². The van der Waals surface area contributed by atoms with E-state index in [1.807, 2.05) is 11.9 Å². The van der Waals surface area contributed by atoms with Crippen LogP contribution in [0, 0.1) is 12.8 Å². The van der Waals surface area contributed by atoms with Gasteiger partial charge in [-0.05, 0) is 39.3 Å². The predicted molar refractivity (Wildman–Crippen MR) is 105 cm³/mol. The van der Waals surface area contributed by atoms with Crippen molar-refractivity contribution < 1.29 is 14.3 Å². The van der Waals surface area contributed by atoms with Gasteiger partial charge in [-0.25, -0.2) is 0 Å². The Balaban J connectivity index is 1.60. The van der Waals surface area contributed by atoms with Gasteiger partial charge in [0.05, 0.1) is 12.5 Å². The molecule has 1 aromatic heterocycles. The second kappa shape index (κ2) is 9.34. The topological polar surface area (TPSA) is 94.7 Å². The molecule has 0 saturated carbocycles. The number of H-pyrrole nitrogens is 1. The Morgan fingerprint density at radius 1 is 1.18 bits per heavy atom. The number of carbonyl (C=O) groups excluding carboxylic acids is 2. The Morgan fingerprint density at radius 3 is 2.79 bits per heavy atom. The van der Waals surface area contributed by atoms with Crippen molar-refractivity contribution in [2.75, 3.05) is 46.4 Å². The van der Waals surface area contributed by atoms with Gasteiger partial charge in [-0.15, -0.1) is 0 Å². The third kappa shape index (κ3) is 5.42. The highest BCUT2D eigenvalue weighted by molar-refractivity contribution is 5.94. The molecule has 2 aliphatic rings. The van der Waals surface area contributed by atoms with Crippen LogP contribution in [0.1, 0.15) is 35.3 Å². The Labute approximate surface area is 165 Å². The van der Waals surface area contributed by atoms with Gasteiger partial charge in [0.25, 0.3) is 5.91 Å². The fourth-order valence-electron chi connectivity index (χ4n) is 4.04. The monoisotopic (exact) mass is 390 g/mol. The fourth-order valence-corrected chi connectivity index (χ4v) is 4.04. The maximum absolute atomic E-state index is 12.9. The number of carbonyl (C=O) groups is 2. The lowest BCUT2D eigenvalue weighted by Crippen LogP contribution is -2.43. The molecule has 0 bridgehead atoms. The predicted octanol–water partition coefficient (Wildman–Crippen LogP) is 0.372. The Morgan fingerprint density at radius 2 is 2.00 bits per heavy atom. The van der Waals surface area contributed by atoms with Gasteiger partial charge in [0.15, 0.2) is 0 Å². The summed E-state index contributed by atoms with van der Waals surface area (Å²) >= 11 is 0. The van der Waals surface area contributed by atoms with Gasteiger partial charge in [-0.1, -0.05) is 0 Å². The molecule has 2 atom stereocenters. The first-order valence-electron chi connectivity index (χ1n) is 9.99. The molecule has 3 heterocycles. The lowest BCUT2D eigenvalue weighted by atomic mass is 10.00. The van der Waals surface area contributed by atoms with Gasteiger partial charge < -0.3 is 24.8 Å². The maximum Gasteiger partial charge on any atom is 0.251 e. The number of amides is 2. The van der Waals surface area contributed by atoms with Gasteiger partial charge in [0.1, 0.15) is 0 Å². The van der Waals surface area contributed by atoms with Crippen LogP contribution >= 0.6 is 0 Å². The number of nitrogens with zero attached hydrogens (tertiary/aromatic N) is 2. The summed E-state index contributed by atoms with van der Waals surface area (Å²) in [6, 6.07) is 2.93. The third-order valence-electron chi connectivity index (χ3n) is 5.39. The summed E-state index contributed by atoms with van der Waals surface area (Å²) in [6.45, 7) is 5.84. The van der Waals surface area contributed by atoms with Crippen LogP contribution in [0.25, 0.3) is 0 Å². The average molecular weight is 390 g/mol. The van der Waals surface area contributed by atoms with Crippen LogP contribution in [0.4, 0.5) is 0 Å². The number of nitrogens with one attached hydrogen (secondary N) is 2. The highest BCUT2D eigenvalue weighted by Gasteiger charge is 2.30. The molecule has 3 rings (SSSR count). The van der Waals surface area contributed by atoms with Gasteiger partial charge in [-0.3, -0.25) is 14.4 Å². The van der Waals surface area contributed by atoms with Gasteiger partial charge in [-0.2, -0.15) is 0 Å². The summed E-state index contributed by atoms with van der Waals surface area (Å²) in [5.74, 6) is -0.122. The van der Waals surface area contributed by atoms with E-state index in [9.17, 15) is 14.4 Å².